The average Bonchev–Trinajstić information content (AvgIpc) is 3.20. The summed E-state index contributed by atoms with van der Waals surface area (Å²) in [6, 6.07) is 15.6. The van der Waals surface area contributed by atoms with E-state index in [4.69, 9.17) is 4.42 Å². The topological polar surface area (TPSA) is 71.3 Å². The maximum absolute atomic E-state index is 13.1. The third-order valence-electron chi connectivity index (χ3n) is 4.97. The summed E-state index contributed by atoms with van der Waals surface area (Å²) < 4.78 is 18.6. The second kappa shape index (κ2) is 8.26. The van der Waals surface area contributed by atoms with Gasteiger partial charge < -0.3 is 9.32 Å². The van der Waals surface area contributed by atoms with Crippen molar-refractivity contribution in [1.29, 1.82) is 0 Å². The van der Waals surface area contributed by atoms with Gasteiger partial charge in [0.25, 0.3) is 0 Å². The number of amides is 2. The minimum absolute atomic E-state index is 0.0779. The summed E-state index contributed by atoms with van der Waals surface area (Å²) in [5, 5.41) is 10.6. The van der Waals surface area contributed by atoms with Crippen LogP contribution >= 0.6 is 0 Å². The molecule has 0 aliphatic carbocycles. The van der Waals surface area contributed by atoms with Gasteiger partial charge in [-0.3, -0.25) is 5.32 Å². The predicted molar refractivity (Wildman–Crippen MR) is 108 cm³/mol. The van der Waals surface area contributed by atoms with Crippen molar-refractivity contribution in [3.63, 3.8) is 0 Å². The van der Waals surface area contributed by atoms with E-state index in [-0.39, 0.29) is 23.8 Å². The van der Waals surface area contributed by atoms with E-state index in [9.17, 15) is 9.18 Å². The second-order valence-corrected chi connectivity index (χ2v) is 7.08. The van der Waals surface area contributed by atoms with Crippen molar-refractivity contribution in [2.45, 2.75) is 13.3 Å². The van der Waals surface area contributed by atoms with Gasteiger partial charge in [-0.05, 0) is 42.2 Å². The fourth-order valence-corrected chi connectivity index (χ4v) is 3.36. The maximum Gasteiger partial charge on any atom is 0.325 e. The lowest BCUT2D eigenvalue weighted by atomic mass is 9.91. The van der Waals surface area contributed by atoms with Crippen molar-refractivity contribution in [2.24, 2.45) is 5.92 Å². The number of nitrogens with zero attached hydrogens (tertiary/aromatic N) is 3. The first kappa shape index (κ1) is 18.9. The minimum Gasteiger partial charge on any atom is -0.403 e. The van der Waals surface area contributed by atoms with Gasteiger partial charge in [0.1, 0.15) is 5.82 Å². The van der Waals surface area contributed by atoms with E-state index in [2.05, 4.69) is 28.5 Å². The molecule has 2 heterocycles. The smallest absolute Gasteiger partial charge is 0.325 e. The number of anilines is 1. The molecule has 0 saturated carbocycles. The highest BCUT2D eigenvalue weighted by Gasteiger charge is 2.25. The Bertz CT molecular complexity index is 1010. The highest BCUT2D eigenvalue weighted by atomic mass is 19.1. The van der Waals surface area contributed by atoms with E-state index in [1.54, 1.807) is 17.0 Å². The van der Waals surface area contributed by atoms with Crippen molar-refractivity contribution in [1.82, 2.24) is 15.1 Å². The molecule has 1 aliphatic heterocycles. The van der Waals surface area contributed by atoms with Crippen LogP contribution in [0.3, 0.4) is 0 Å². The van der Waals surface area contributed by atoms with Crippen LogP contribution in [0.2, 0.25) is 0 Å². The van der Waals surface area contributed by atoms with Gasteiger partial charge in [0, 0.05) is 18.7 Å². The summed E-state index contributed by atoms with van der Waals surface area (Å²) >= 11 is 0. The maximum atomic E-state index is 13.1. The molecule has 1 aromatic heterocycles. The zero-order chi connectivity index (χ0) is 20.2. The Morgan fingerprint density at radius 3 is 2.66 bits per heavy atom. The van der Waals surface area contributed by atoms with Gasteiger partial charge in [-0.2, -0.15) is 0 Å². The minimum atomic E-state index is -0.263. The third kappa shape index (κ3) is 4.51. The van der Waals surface area contributed by atoms with Crippen LogP contribution in [-0.2, 0) is 0 Å². The molecule has 29 heavy (non-hydrogen) atoms. The van der Waals surface area contributed by atoms with Crippen LogP contribution in [0, 0.1) is 11.7 Å². The summed E-state index contributed by atoms with van der Waals surface area (Å²) in [5.74, 6) is 0.308. The van der Waals surface area contributed by atoms with Gasteiger partial charge in [0.05, 0.1) is 0 Å². The molecule has 148 valence electrons. The summed E-state index contributed by atoms with van der Waals surface area (Å²) in [5.41, 5.74) is 3.00. The molecule has 2 amide bonds. The number of nitrogens with one attached hydrogen (secondary N) is 1. The van der Waals surface area contributed by atoms with Crippen LogP contribution < -0.4 is 5.32 Å². The van der Waals surface area contributed by atoms with Gasteiger partial charge >= 0.3 is 12.0 Å². The number of aromatic nitrogens is 2. The van der Waals surface area contributed by atoms with Crippen molar-refractivity contribution < 1.29 is 13.6 Å². The van der Waals surface area contributed by atoms with E-state index in [0.717, 1.165) is 17.5 Å². The van der Waals surface area contributed by atoms with E-state index in [0.29, 0.717) is 19.0 Å². The monoisotopic (exact) mass is 392 g/mol. The molecular weight excluding hydrogens is 371 g/mol. The standard InChI is InChI=1S/C22H21FN4O2/c1-15-14-27(12-11-18(15)13-16-7-9-19(23)10-8-16)22(28)24-21-26-25-20(29-21)17-5-3-2-4-6-17/h2-10,13,15H,11-12,14H2,1H3,(H,24,26,28)/b18-13+. The first-order valence-electron chi connectivity index (χ1n) is 9.49. The number of urea groups is 1. The molecule has 4 rings (SSSR count). The van der Waals surface area contributed by atoms with Crippen LogP contribution in [0.1, 0.15) is 18.9 Å². The Morgan fingerprint density at radius 1 is 1.17 bits per heavy atom. The van der Waals surface area contributed by atoms with E-state index in [1.807, 2.05) is 30.3 Å². The summed E-state index contributed by atoms with van der Waals surface area (Å²) in [6.07, 6.45) is 2.83. The Balaban J connectivity index is 1.37. The zero-order valence-electron chi connectivity index (χ0n) is 16.0. The number of hydrogen-bond acceptors (Lipinski definition) is 4. The molecule has 1 aliphatic rings. The molecule has 1 N–H and O–H groups in total. The molecule has 0 radical (unpaired) electrons. The normalized spacial score (nSPS) is 18.1. The molecular formula is C22H21FN4O2. The average molecular weight is 392 g/mol. The second-order valence-electron chi connectivity index (χ2n) is 7.08. The molecule has 7 heteroatoms. The first-order chi connectivity index (χ1) is 14.1. The van der Waals surface area contributed by atoms with Crippen LogP contribution in [-0.4, -0.2) is 34.2 Å². The number of carbonyl (C=O) groups is 1. The van der Waals surface area contributed by atoms with Crippen LogP contribution in [0.5, 0.6) is 0 Å². The van der Waals surface area contributed by atoms with Crippen molar-refractivity contribution >= 4 is 18.1 Å². The van der Waals surface area contributed by atoms with Crippen molar-refractivity contribution in [3.8, 4) is 11.5 Å². The lowest BCUT2D eigenvalue weighted by molar-refractivity contribution is 0.197. The SMILES string of the molecule is CC1CN(C(=O)Nc2nnc(-c3ccccc3)o2)CC/C1=C\c1ccc(F)cc1. The number of halogens is 1. The van der Waals surface area contributed by atoms with E-state index in [1.165, 1.54) is 17.7 Å². The Kier molecular flexibility index (Phi) is 5.37. The van der Waals surface area contributed by atoms with Gasteiger partial charge in [-0.25, -0.2) is 9.18 Å². The molecule has 1 unspecified atom stereocenters. The summed E-state index contributed by atoms with van der Waals surface area (Å²) in [7, 11) is 0. The van der Waals surface area contributed by atoms with Crippen LogP contribution in [0.25, 0.3) is 17.5 Å². The zero-order valence-corrected chi connectivity index (χ0v) is 16.0. The molecule has 1 fully saturated rings. The summed E-state index contributed by atoms with van der Waals surface area (Å²) in [6.45, 7) is 3.25. The molecule has 2 aromatic carbocycles. The number of carbonyl (C=O) groups excluding carboxylic acids is 1. The number of likely N-dealkylation sites (tertiary alicyclic amines) is 1. The quantitative estimate of drug-likeness (QED) is 0.693. The number of rotatable bonds is 3. The van der Waals surface area contributed by atoms with E-state index >= 15 is 0 Å². The first-order valence-corrected chi connectivity index (χ1v) is 9.49. The Labute approximate surface area is 168 Å². The molecule has 1 atom stereocenters. The fraction of sp³-hybridized carbons (Fsp3) is 0.227. The van der Waals surface area contributed by atoms with Gasteiger partial charge in [0.15, 0.2) is 0 Å². The Hall–Kier alpha value is -3.48. The third-order valence-corrected chi connectivity index (χ3v) is 4.97. The molecule has 6 nitrogen and oxygen atoms in total. The number of benzene rings is 2. The number of hydrogen-bond donors (Lipinski definition) is 1. The van der Waals surface area contributed by atoms with E-state index < -0.39 is 0 Å². The summed E-state index contributed by atoms with van der Waals surface area (Å²) in [4.78, 5) is 14.3. The molecule has 1 saturated heterocycles. The Morgan fingerprint density at radius 2 is 1.93 bits per heavy atom. The molecule has 3 aromatic rings. The molecule has 0 bridgehead atoms. The van der Waals surface area contributed by atoms with Crippen LogP contribution in [0.15, 0.2) is 64.6 Å². The van der Waals surface area contributed by atoms with Gasteiger partial charge in [-0.15, -0.1) is 5.10 Å². The largest absolute Gasteiger partial charge is 0.403 e. The van der Waals surface area contributed by atoms with Gasteiger partial charge in [0.2, 0.25) is 5.89 Å². The van der Waals surface area contributed by atoms with Crippen LogP contribution in [0.4, 0.5) is 15.2 Å². The van der Waals surface area contributed by atoms with Gasteiger partial charge in [-0.1, -0.05) is 54.0 Å². The number of piperidine rings is 1. The highest BCUT2D eigenvalue weighted by Crippen LogP contribution is 2.26. The molecule has 0 spiro atoms. The lowest BCUT2D eigenvalue weighted by Crippen LogP contribution is -2.42. The predicted octanol–water partition coefficient (Wildman–Crippen LogP) is 4.83. The highest BCUT2D eigenvalue weighted by molar-refractivity contribution is 5.87. The lowest BCUT2D eigenvalue weighted by Gasteiger charge is -2.32. The fourth-order valence-electron chi connectivity index (χ4n) is 3.36. The van der Waals surface area contributed by atoms with Crippen molar-refractivity contribution in [3.05, 3.63) is 71.6 Å². The van der Waals surface area contributed by atoms with Crippen molar-refractivity contribution in [2.75, 3.05) is 18.4 Å².